The van der Waals surface area contributed by atoms with Crippen LogP contribution in [-0.4, -0.2) is 9.78 Å². The summed E-state index contributed by atoms with van der Waals surface area (Å²) in [5.41, 5.74) is 10.9. The Balaban J connectivity index is 2.22. The van der Waals surface area contributed by atoms with Crippen molar-refractivity contribution >= 4 is 11.4 Å². The third kappa shape index (κ3) is 2.52. The molecule has 2 rings (SSSR count). The average Bonchev–Trinajstić information content (AvgIpc) is 2.62. The van der Waals surface area contributed by atoms with Crippen molar-refractivity contribution in [3.05, 3.63) is 40.7 Å². The molecule has 0 aliphatic heterocycles. The fourth-order valence-corrected chi connectivity index (χ4v) is 2.07. The normalized spacial score (nSPS) is 10.2. The van der Waals surface area contributed by atoms with Gasteiger partial charge in [0.15, 0.2) is 0 Å². The minimum atomic E-state index is 0.555. The van der Waals surface area contributed by atoms with E-state index in [4.69, 9.17) is 11.0 Å². The predicted molar refractivity (Wildman–Crippen MR) is 75.6 cm³/mol. The lowest BCUT2D eigenvalue weighted by molar-refractivity contribution is 0.730. The highest BCUT2D eigenvalue weighted by atomic mass is 15.3. The quantitative estimate of drug-likeness (QED) is 0.823. The number of aromatic nitrogens is 2. The Labute approximate surface area is 112 Å². The Morgan fingerprint density at radius 3 is 2.74 bits per heavy atom. The van der Waals surface area contributed by atoms with Crippen molar-refractivity contribution in [3.63, 3.8) is 0 Å². The highest BCUT2D eigenvalue weighted by Crippen LogP contribution is 2.20. The fraction of sp³-hybridized carbons (Fsp3) is 0.286. The average molecular weight is 255 g/mol. The van der Waals surface area contributed by atoms with Crippen molar-refractivity contribution in [2.24, 2.45) is 7.05 Å². The second kappa shape index (κ2) is 5.02. The van der Waals surface area contributed by atoms with Gasteiger partial charge in [-0.15, -0.1) is 0 Å². The summed E-state index contributed by atoms with van der Waals surface area (Å²) in [7, 11) is 1.93. The smallest absolute Gasteiger partial charge is 0.101 e. The van der Waals surface area contributed by atoms with Crippen LogP contribution in [0.15, 0.2) is 18.2 Å². The zero-order valence-electron chi connectivity index (χ0n) is 11.4. The molecule has 0 amide bonds. The van der Waals surface area contributed by atoms with Gasteiger partial charge in [0.25, 0.3) is 0 Å². The minimum absolute atomic E-state index is 0.555. The van der Waals surface area contributed by atoms with Crippen molar-refractivity contribution in [1.29, 1.82) is 5.26 Å². The number of nitriles is 1. The second-order valence-electron chi connectivity index (χ2n) is 4.54. The van der Waals surface area contributed by atoms with Crippen molar-refractivity contribution < 1.29 is 0 Å². The van der Waals surface area contributed by atoms with Crippen LogP contribution in [0, 0.1) is 25.2 Å². The minimum Gasteiger partial charge on any atom is -0.399 e. The van der Waals surface area contributed by atoms with Crippen LogP contribution in [0.5, 0.6) is 0 Å². The van der Waals surface area contributed by atoms with Crippen LogP contribution < -0.4 is 11.1 Å². The maximum atomic E-state index is 9.09. The van der Waals surface area contributed by atoms with E-state index in [0.717, 1.165) is 22.6 Å². The second-order valence-corrected chi connectivity index (χ2v) is 4.54. The molecule has 19 heavy (non-hydrogen) atoms. The standard InChI is InChI=1S/C14H17N5/c1-9-13(10(2)19(3)18-9)8-17-14-5-4-12(16)6-11(14)7-15/h4-6,17H,8,16H2,1-3H3. The molecule has 1 heterocycles. The Kier molecular flexibility index (Phi) is 3.43. The first kappa shape index (κ1) is 13.0. The van der Waals surface area contributed by atoms with Crippen LogP contribution in [-0.2, 0) is 13.6 Å². The third-order valence-corrected chi connectivity index (χ3v) is 3.28. The first-order valence-electron chi connectivity index (χ1n) is 6.05. The maximum Gasteiger partial charge on any atom is 0.101 e. The number of hydrogen-bond acceptors (Lipinski definition) is 4. The molecule has 0 unspecified atom stereocenters. The molecule has 1 aromatic carbocycles. The molecular formula is C14H17N5. The number of anilines is 2. The van der Waals surface area contributed by atoms with Gasteiger partial charge in [0.1, 0.15) is 6.07 Å². The summed E-state index contributed by atoms with van der Waals surface area (Å²) in [6.45, 7) is 4.66. The number of nitrogen functional groups attached to an aromatic ring is 1. The van der Waals surface area contributed by atoms with Gasteiger partial charge in [0.2, 0.25) is 0 Å². The number of hydrogen-bond donors (Lipinski definition) is 2. The summed E-state index contributed by atoms with van der Waals surface area (Å²) in [6, 6.07) is 7.43. The van der Waals surface area contributed by atoms with Gasteiger partial charge in [-0.1, -0.05) is 0 Å². The zero-order chi connectivity index (χ0) is 14.0. The summed E-state index contributed by atoms with van der Waals surface area (Å²) in [5.74, 6) is 0. The molecular weight excluding hydrogens is 238 g/mol. The number of nitrogens with one attached hydrogen (secondary N) is 1. The van der Waals surface area contributed by atoms with Crippen molar-refractivity contribution in [2.45, 2.75) is 20.4 Å². The molecule has 5 heteroatoms. The highest BCUT2D eigenvalue weighted by Gasteiger charge is 2.10. The lowest BCUT2D eigenvalue weighted by Crippen LogP contribution is -2.04. The van der Waals surface area contributed by atoms with Gasteiger partial charge in [-0.25, -0.2) is 0 Å². The Hall–Kier alpha value is -2.48. The lowest BCUT2D eigenvalue weighted by atomic mass is 10.1. The van der Waals surface area contributed by atoms with E-state index in [1.54, 1.807) is 12.1 Å². The van der Waals surface area contributed by atoms with E-state index in [1.807, 2.05) is 31.6 Å². The first-order chi connectivity index (χ1) is 9.02. The zero-order valence-corrected chi connectivity index (χ0v) is 11.4. The van der Waals surface area contributed by atoms with Crippen LogP contribution in [0.4, 0.5) is 11.4 Å². The summed E-state index contributed by atoms with van der Waals surface area (Å²) < 4.78 is 1.86. The summed E-state index contributed by atoms with van der Waals surface area (Å²) >= 11 is 0. The molecule has 5 nitrogen and oxygen atoms in total. The van der Waals surface area contributed by atoms with E-state index in [-0.39, 0.29) is 0 Å². The fourth-order valence-electron chi connectivity index (χ4n) is 2.07. The molecule has 0 saturated heterocycles. The van der Waals surface area contributed by atoms with E-state index in [9.17, 15) is 0 Å². The van der Waals surface area contributed by atoms with Crippen LogP contribution in [0.2, 0.25) is 0 Å². The van der Waals surface area contributed by atoms with E-state index in [0.29, 0.717) is 17.8 Å². The molecule has 0 aliphatic carbocycles. The molecule has 0 atom stereocenters. The third-order valence-electron chi connectivity index (χ3n) is 3.28. The molecule has 3 N–H and O–H groups in total. The summed E-state index contributed by atoms with van der Waals surface area (Å²) in [5, 5.41) is 16.7. The first-order valence-corrected chi connectivity index (χ1v) is 6.05. The Morgan fingerprint density at radius 1 is 1.42 bits per heavy atom. The number of benzene rings is 1. The van der Waals surface area contributed by atoms with E-state index in [1.165, 1.54) is 0 Å². The van der Waals surface area contributed by atoms with Gasteiger partial charge < -0.3 is 11.1 Å². The summed E-state index contributed by atoms with van der Waals surface area (Å²) in [4.78, 5) is 0. The van der Waals surface area contributed by atoms with E-state index >= 15 is 0 Å². The van der Waals surface area contributed by atoms with Crippen LogP contribution >= 0.6 is 0 Å². The molecule has 0 spiro atoms. The summed E-state index contributed by atoms with van der Waals surface area (Å²) in [6.07, 6.45) is 0. The molecule has 0 fully saturated rings. The molecule has 0 radical (unpaired) electrons. The topological polar surface area (TPSA) is 79.7 Å². The van der Waals surface area contributed by atoms with Gasteiger partial charge in [-0.05, 0) is 32.0 Å². The largest absolute Gasteiger partial charge is 0.399 e. The molecule has 0 aliphatic rings. The number of rotatable bonds is 3. The van der Waals surface area contributed by atoms with Gasteiger partial charge in [0.05, 0.1) is 16.9 Å². The highest BCUT2D eigenvalue weighted by molar-refractivity contribution is 5.63. The van der Waals surface area contributed by atoms with Gasteiger partial charge >= 0.3 is 0 Å². The van der Waals surface area contributed by atoms with Crippen LogP contribution in [0.1, 0.15) is 22.5 Å². The Bertz CT molecular complexity index is 649. The number of nitrogens with two attached hydrogens (primary N) is 1. The van der Waals surface area contributed by atoms with Gasteiger partial charge in [-0.2, -0.15) is 10.4 Å². The van der Waals surface area contributed by atoms with Crippen molar-refractivity contribution in [2.75, 3.05) is 11.1 Å². The van der Waals surface area contributed by atoms with Crippen molar-refractivity contribution in [1.82, 2.24) is 9.78 Å². The lowest BCUT2D eigenvalue weighted by Gasteiger charge is -2.09. The number of nitrogens with zero attached hydrogens (tertiary/aromatic N) is 3. The van der Waals surface area contributed by atoms with Crippen molar-refractivity contribution in [3.8, 4) is 6.07 Å². The van der Waals surface area contributed by atoms with Gasteiger partial charge in [-0.3, -0.25) is 4.68 Å². The number of aryl methyl sites for hydroxylation is 2. The van der Waals surface area contributed by atoms with E-state index < -0.39 is 0 Å². The Morgan fingerprint density at radius 2 is 2.16 bits per heavy atom. The van der Waals surface area contributed by atoms with Gasteiger partial charge in [0, 0.05) is 30.5 Å². The molecule has 2 aromatic rings. The van der Waals surface area contributed by atoms with Crippen LogP contribution in [0.25, 0.3) is 0 Å². The molecule has 1 aromatic heterocycles. The molecule has 0 saturated carbocycles. The van der Waals surface area contributed by atoms with Crippen LogP contribution in [0.3, 0.4) is 0 Å². The van der Waals surface area contributed by atoms with E-state index in [2.05, 4.69) is 16.5 Å². The molecule has 98 valence electrons. The monoisotopic (exact) mass is 255 g/mol. The predicted octanol–water partition coefficient (Wildman–Crippen LogP) is 2.10. The SMILES string of the molecule is Cc1nn(C)c(C)c1CNc1ccc(N)cc1C#N. The molecule has 0 bridgehead atoms. The maximum absolute atomic E-state index is 9.09.